The van der Waals surface area contributed by atoms with E-state index in [1.807, 2.05) is 0 Å². The summed E-state index contributed by atoms with van der Waals surface area (Å²) < 4.78 is 26.0. The number of sulfonamides is 1. The van der Waals surface area contributed by atoms with E-state index in [9.17, 15) is 8.42 Å². The Hall–Kier alpha value is -1.27. The van der Waals surface area contributed by atoms with E-state index in [0.717, 1.165) is 56.4 Å². The van der Waals surface area contributed by atoms with Crippen molar-refractivity contribution in [3.63, 3.8) is 0 Å². The molecule has 0 aromatic heterocycles. The van der Waals surface area contributed by atoms with Crippen molar-refractivity contribution >= 4 is 21.4 Å². The molecule has 0 spiro atoms. The molecule has 0 radical (unpaired) electrons. The van der Waals surface area contributed by atoms with Crippen LogP contribution in [0.5, 0.6) is 0 Å². The second-order valence-electron chi connectivity index (χ2n) is 8.37. The summed E-state index contributed by atoms with van der Waals surface area (Å²) in [7, 11) is -3.12. The third-order valence-electron chi connectivity index (χ3n) is 5.21. The molecule has 0 amide bonds. The fraction of sp³-hybridized carbons (Fsp3) is 0.714. The van der Waals surface area contributed by atoms with Crippen LogP contribution in [0.15, 0.2) is 24.3 Å². The second-order valence-corrected chi connectivity index (χ2v) is 10.7. The average Bonchev–Trinajstić information content (AvgIpc) is 2.60. The molecular weight excluding hydrogens is 358 g/mol. The summed E-state index contributed by atoms with van der Waals surface area (Å²) in [5, 5.41) is 3.10. The van der Waals surface area contributed by atoms with Gasteiger partial charge in [-0.3, -0.25) is 0 Å². The number of nitrogens with zero attached hydrogens (tertiary/aromatic N) is 1. The molecule has 0 unspecified atom stereocenters. The van der Waals surface area contributed by atoms with Crippen LogP contribution in [-0.4, -0.2) is 39.8 Å². The van der Waals surface area contributed by atoms with E-state index in [0.29, 0.717) is 6.54 Å². The second kappa shape index (κ2) is 10.3. The molecule has 1 fully saturated rings. The van der Waals surface area contributed by atoms with Gasteiger partial charge in [0.2, 0.25) is 10.0 Å². The minimum absolute atomic E-state index is 0.363. The maximum Gasteiger partial charge on any atom is 0.213 e. The molecule has 0 bridgehead atoms. The highest BCUT2D eigenvalue weighted by Gasteiger charge is 2.21. The largest absolute Gasteiger partial charge is 0.385 e. The lowest BCUT2D eigenvalue weighted by molar-refractivity contribution is 0.357. The van der Waals surface area contributed by atoms with E-state index in [2.05, 4.69) is 53.1 Å². The van der Waals surface area contributed by atoms with Gasteiger partial charge in [0.25, 0.3) is 0 Å². The lowest BCUT2D eigenvalue weighted by Crippen LogP contribution is -2.38. The van der Waals surface area contributed by atoms with E-state index >= 15 is 0 Å². The van der Waals surface area contributed by atoms with E-state index in [4.69, 9.17) is 0 Å². The van der Waals surface area contributed by atoms with Crippen molar-refractivity contribution in [3.05, 3.63) is 24.3 Å². The van der Waals surface area contributed by atoms with Gasteiger partial charge in [-0.25, -0.2) is 13.1 Å². The summed E-state index contributed by atoms with van der Waals surface area (Å²) >= 11 is 0. The average molecular weight is 396 g/mol. The Balaban J connectivity index is 1.64. The van der Waals surface area contributed by atoms with E-state index < -0.39 is 10.0 Å². The summed E-state index contributed by atoms with van der Waals surface area (Å²) in [4.78, 5) is 2.50. The molecule has 2 rings (SSSR count). The van der Waals surface area contributed by atoms with Gasteiger partial charge >= 0.3 is 0 Å². The molecule has 1 aromatic rings. The van der Waals surface area contributed by atoms with Crippen LogP contribution in [0.25, 0.3) is 0 Å². The maximum atomic E-state index is 11.7. The summed E-state index contributed by atoms with van der Waals surface area (Å²) in [6.07, 6.45) is 4.24. The zero-order chi connectivity index (χ0) is 19.9. The number of piperidine rings is 1. The zero-order valence-corrected chi connectivity index (χ0v) is 18.2. The van der Waals surface area contributed by atoms with Crippen LogP contribution in [-0.2, 0) is 10.0 Å². The lowest BCUT2D eigenvalue weighted by Gasteiger charge is -2.36. The standard InChI is InChI=1S/C21H37N3O2S/c1-17(2)27(25,26)23-13-7-5-6-12-22-20-8-10-21(11-9-20)24-15-18(3)14-19(4)16-24/h8-11,17-19,22-23H,5-7,12-16H2,1-4H3/t18-,19+. The number of rotatable bonds is 10. The first-order valence-corrected chi connectivity index (χ1v) is 11.9. The molecule has 2 atom stereocenters. The molecule has 0 aliphatic carbocycles. The number of hydrogen-bond donors (Lipinski definition) is 2. The molecule has 1 aliphatic heterocycles. The molecule has 0 saturated carbocycles. The summed E-state index contributed by atoms with van der Waals surface area (Å²) in [6.45, 7) is 11.8. The van der Waals surface area contributed by atoms with Crippen molar-refractivity contribution in [1.29, 1.82) is 0 Å². The topological polar surface area (TPSA) is 61.4 Å². The van der Waals surface area contributed by atoms with E-state index in [-0.39, 0.29) is 5.25 Å². The summed E-state index contributed by atoms with van der Waals surface area (Å²) in [6, 6.07) is 8.76. The smallest absolute Gasteiger partial charge is 0.213 e. The molecule has 1 aromatic carbocycles. The molecule has 154 valence electrons. The fourth-order valence-corrected chi connectivity index (χ4v) is 4.47. The molecule has 2 N–H and O–H groups in total. The highest BCUT2D eigenvalue weighted by Crippen LogP contribution is 2.27. The predicted octanol–water partition coefficient (Wildman–Crippen LogP) is 4.08. The van der Waals surface area contributed by atoms with Crippen LogP contribution in [0, 0.1) is 11.8 Å². The monoisotopic (exact) mass is 395 g/mol. The normalized spacial score (nSPS) is 20.9. The van der Waals surface area contributed by atoms with Crippen molar-refractivity contribution in [1.82, 2.24) is 4.72 Å². The van der Waals surface area contributed by atoms with E-state index in [1.165, 1.54) is 12.1 Å². The minimum Gasteiger partial charge on any atom is -0.385 e. The van der Waals surface area contributed by atoms with Crippen molar-refractivity contribution in [3.8, 4) is 0 Å². The Bertz CT molecular complexity index is 649. The Labute approximate surface area is 166 Å². The van der Waals surface area contributed by atoms with Gasteiger partial charge in [0.1, 0.15) is 0 Å². The van der Waals surface area contributed by atoms with Crippen molar-refractivity contribution in [2.24, 2.45) is 11.8 Å². The van der Waals surface area contributed by atoms with Crippen LogP contribution in [0.2, 0.25) is 0 Å². The van der Waals surface area contributed by atoms with Gasteiger partial charge in [0.15, 0.2) is 0 Å². The Morgan fingerprint density at radius 1 is 1.00 bits per heavy atom. The summed E-state index contributed by atoms with van der Waals surface area (Å²) in [5.74, 6) is 1.52. The molecular formula is C21H37N3O2S. The molecule has 27 heavy (non-hydrogen) atoms. The van der Waals surface area contributed by atoms with Crippen molar-refractivity contribution < 1.29 is 8.42 Å². The summed E-state index contributed by atoms with van der Waals surface area (Å²) in [5.41, 5.74) is 2.47. The maximum absolute atomic E-state index is 11.7. The van der Waals surface area contributed by atoms with Crippen molar-refractivity contribution in [2.75, 3.05) is 36.4 Å². The van der Waals surface area contributed by atoms with Crippen molar-refractivity contribution in [2.45, 2.75) is 58.6 Å². The van der Waals surface area contributed by atoms with Crippen LogP contribution >= 0.6 is 0 Å². The highest BCUT2D eigenvalue weighted by atomic mass is 32.2. The van der Waals surface area contributed by atoms with Crippen LogP contribution in [0.3, 0.4) is 0 Å². The first-order chi connectivity index (χ1) is 12.8. The van der Waals surface area contributed by atoms with Gasteiger partial charge < -0.3 is 10.2 Å². The lowest BCUT2D eigenvalue weighted by atomic mass is 9.91. The van der Waals surface area contributed by atoms with Crippen LogP contribution in [0.1, 0.15) is 53.4 Å². The number of unbranched alkanes of at least 4 members (excludes halogenated alkanes) is 2. The Kier molecular flexibility index (Phi) is 8.42. The van der Waals surface area contributed by atoms with Gasteiger partial charge in [-0.1, -0.05) is 20.3 Å². The van der Waals surface area contributed by atoms with Gasteiger partial charge in [-0.2, -0.15) is 0 Å². The fourth-order valence-electron chi connectivity index (χ4n) is 3.70. The van der Waals surface area contributed by atoms with Gasteiger partial charge in [0, 0.05) is 37.6 Å². The molecule has 6 heteroatoms. The number of hydrogen-bond acceptors (Lipinski definition) is 4. The molecule has 5 nitrogen and oxygen atoms in total. The predicted molar refractivity (Wildman–Crippen MR) is 116 cm³/mol. The van der Waals surface area contributed by atoms with Crippen LogP contribution in [0.4, 0.5) is 11.4 Å². The van der Waals surface area contributed by atoms with Gasteiger partial charge in [0.05, 0.1) is 5.25 Å². The van der Waals surface area contributed by atoms with E-state index in [1.54, 1.807) is 13.8 Å². The highest BCUT2D eigenvalue weighted by molar-refractivity contribution is 7.90. The molecule has 1 heterocycles. The Morgan fingerprint density at radius 2 is 1.59 bits per heavy atom. The minimum atomic E-state index is -3.12. The molecule has 1 aliphatic rings. The third kappa shape index (κ3) is 7.34. The number of nitrogens with one attached hydrogen (secondary N) is 2. The number of anilines is 2. The van der Waals surface area contributed by atoms with Crippen LogP contribution < -0.4 is 14.9 Å². The first kappa shape index (κ1) is 22.0. The zero-order valence-electron chi connectivity index (χ0n) is 17.4. The number of benzene rings is 1. The SMILES string of the molecule is CC(C)S(=O)(=O)NCCCCCNc1ccc(N2C[C@H](C)C[C@H](C)C2)cc1. The molecule has 1 saturated heterocycles. The quantitative estimate of drug-likeness (QED) is 0.586. The van der Waals surface area contributed by atoms with Gasteiger partial charge in [-0.05, 0) is 69.2 Å². The third-order valence-corrected chi connectivity index (χ3v) is 7.06. The first-order valence-electron chi connectivity index (χ1n) is 10.4. The Morgan fingerprint density at radius 3 is 2.19 bits per heavy atom. The van der Waals surface area contributed by atoms with Gasteiger partial charge in [-0.15, -0.1) is 0 Å².